The van der Waals surface area contributed by atoms with E-state index in [1.54, 1.807) is 41.3 Å². The Kier molecular flexibility index (Phi) is 2.33. The Bertz CT molecular complexity index is 675. The number of nitrogens with zero attached hydrogens (tertiary/aromatic N) is 4. The molecule has 6 nitrogen and oxygen atoms in total. The van der Waals surface area contributed by atoms with Crippen LogP contribution in [0.3, 0.4) is 0 Å². The van der Waals surface area contributed by atoms with Crippen molar-refractivity contribution < 1.29 is 9.84 Å². The molecule has 0 bridgehead atoms. The van der Waals surface area contributed by atoms with E-state index in [0.717, 1.165) is 5.56 Å². The number of benzene rings is 1. The fourth-order valence-electron chi connectivity index (χ4n) is 1.68. The van der Waals surface area contributed by atoms with Gasteiger partial charge in [-0.05, 0) is 18.2 Å². The van der Waals surface area contributed by atoms with E-state index >= 15 is 0 Å². The summed E-state index contributed by atoms with van der Waals surface area (Å²) in [6.45, 7) is 0. The number of phenolic OH excluding ortho intramolecular Hbond substituents is 1. The second kappa shape index (κ2) is 3.99. The summed E-state index contributed by atoms with van der Waals surface area (Å²) >= 11 is 0. The maximum Gasteiger partial charge on any atom is 0.182 e. The second-order valence-electron chi connectivity index (χ2n) is 3.71. The molecule has 1 aromatic carbocycles. The van der Waals surface area contributed by atoms with Crippen molar-refractivity contribution in [2.45, 2.75) is 0 Å². The Morgan fingerprint density at radius 1 is 1.28 bits per heavy atom. The van der Waals surface area contributed by atoms with Gasteiger partial charge in [-0.3, -0.25) is 0 Å². The molecule has 2 aromatic heterocycles. The zero-order chi connectivity index (χ0) is 12.5. The van der Waals surface area contributed by atoms with Gasteiger partial charge in [0.05, 0.1) is 7.11 Å². The first-order chi connectivity index (χ1) is 8.78. The van der Waals surface area contributed by atoms with Crippen molar-refractivity contribution in [1.29, 1.82) is 0 Å². The molecule has 3 rings (SSSR count). The van der Waals surface area contributed by atoms with Crippen LogP contribution < -0.4 is 4.74 Å². The van der Waals surface area contributed by atoms with E-state index in [1.807, 2.05) is 0 Å². The molecular formula is C12H10N4O2. The van der Waals surface area contributed by atoms with Gasteiger partial charge in [-0.25, -0.2) is 14.5 Å². The number of aromatic hydroxyl groups is 1. The van der Waals surface area contributed by atoms with E-state index in [2.05, 4.69) is 15.1 Å². The van der Waals surface area contributed by atoms with Crippen LogP contribution in [0.25, 0.3) is 17.0 Å². The summed E-state index contributed by atoms with van der Waals surface area (Å²) < 4.78 is 6.65. The third-order valence-electron chi connectivity index (χ3n) is 2.58. The van der Waals surface area contributed by atoms with Crippen LogP contribution in [-0.2, 0) is 0 Å². The molecule has 6 heteroatoms. The van der Waals surface area contributed by atoms with Crippen LogP contribution in [0.2, 0.25) is 0 Å². The monoisotopic (exact) mass is 242 g/mol. The summed E-state index contributed by atoms with van der Waals surface area (Å²) in [5, 5.41) is 13.8. The molecular weight excluding hydrogens is 232 g/mol. The maximum atomic E-state index is 9.54. The Hall–Kier alpha value is -2.63. The predicted molar refractivity (Wildman–Crippen MR) is 64.4 cm³/mol. The second-order valence-corrected chi connectivity index (χ2v) is 3.71. The van der Waals surface area contributed by atoms with E-state index in [4.69, 9.17) is 4.74 Å². The number of fused-ring (bicyclic) bond motifs is 1. The summed E-state index contributed by atoms with van der Waals surface area (Å²) in [6, 6.07) is 6.75. The molecule has 0 saturated heterocycles. The van der Waals surface area contributed by atoms with Crippen LogP contribution in [-0.4, -0.2) is 31.8 Å². The van der Waals surface area contributed by atoms with E-state index in [9.17, 15) is 5.11 Å². The highest BCUT2D eigenvalue weighted by atomic mass is 16.5. The van der Waals surface area contributed by atoms with E-state index in [1.165, 1.54) is 7.11 Å². The van der Waals surface area contributed by atoms with Crippen molar-refractivity contribution >= 4 is 5.65 Å². The summed E-state index contributed by atoms with van der Waals surface area (Å²) in [4.78, 5) is 8.33. The quantitative estimate of drug-likeness (QED) is 0.737. The third kappa shape index (κ3) is 1.64. The smallest absolute Gasteiger partial charge is 0.182 e. The van der Waals surface area contributed by atoms with Gasteiger partial charge in [-0.15, -0.1) is 5.10 Å². The molecule has 0 aliphatic heterocycles. The molecule has 0 fully saturated rings. The lowest BCUT2D eigenvalue weighted by molar-refractivity contribution is 0.373. The van der Waals surface area contributed by atoms with Gasteiger partial charge in [-0.2, -0.15) is 0 Å². The molecule has 2 heterocycles. The highest BCUT2D eigenvalue weighted by Crippen LogP contribution is 2.30. The lowest BCUT2D eigenvalue weighted by Crippen LogP contribution is -1.88. The standard InChI is InChI=1S/C12H10N4O2/c1-18-10-6-8(2-3-9(10)17)12-14-11-4-5-13-7-16(11)15-12/h2-7,17H,1H3. The Labute approximate surface area is 103 Å². The van der Waals surface area contributed by atoms with Crippen LogP contribution in [0, 0.1) is 0 Å². The van der Waals surface area contributed by atoms with Gasteiger partial charge in [0.2, 0.25) is 0 Å². The fourth-order valence-corrected chi connectivity index (χ4v) is 1.68. The summed E-state index contributed by atoms with van der Waals surface area (Å²) in [5.41, 5.74) is 1.49. The van der Waals surface area contributed by atoms with Gasteiger partial charge in [0.1, 0.15) is 6.33 Å². The van der Waals surface area contributed by atoms with Crippen molar-refractivity contribution in [2.24, 2.45) is 0 Å². The first-order valence-corrected chi connectivity index (χ1v) is 5.32. The van der Waals surface area contributed by atoms with Crippen molar-refractivity contribution in [3.8, 4) is 22.9 Å². The molecule has 0 aliphatic carbocycles. The summed E-state index contributed by atoms with van der Waals surface area (Å²) in [5.74, 6) is 1.04. The summed E-state index contributed by atoms with van der Waals surface area (Å²) in [6.07, 6.45) is 3.24. The van der Waals surface area contributed by atoms with Gasteiger partial charge in [-0.1, -0.05) is 0 Å². The summed E-state index contributed by atoms with van der Waals surface area (Å²) in [7, 11) is 1.50. The zero-order valence-electron chi connectivity index (χ0n) is 9.61. The fraction of sp³-hybridized carbons (Fsp3) is 0.0833. The number of hydrogen-bond acceptors (Lipinski definition) is 5. The molecule has 0 saturated carbocycles. The Morgan fingerprint density at radius 3 is 2.94 bits per heavy atom. The predicted octanol–water partition coefficient (Wildman–Crippen LogP) is 1.51. The van der Waals surface area contributed by atoms with E-state index < -0.39 is 0 Å². The SMILES string of the molecule is COc1cc(-c2nc3ccncn3n2)ccc1O. The maximum absolute atomic E-state index is 9.54. The van der Waals surface area contributed by atoms with Crippen molar-refractivity contribution in [1.82, 2.24) is 19.6 Å². The van der Waals surface area contributed by atoms with Gasteiger partial charge in [0, 0.05) is 17.8 Å². The largest absolute Gasteiger partial charge is 0.504 e. The van der Waals surface area contributed by atoms with E-state index in [-0.39, 0.29) is 5.75 Å². The highest BCUT2D eigenvalue weighted by molar-refractivity contribution is 5.62. The molecule has 0 unspecified atom stereocenters. The van der Waals surface area contributed by atoms with Crippen LogP contribution in [0.5, 0.6) is 11.5 Å². The van der Waals surface area contributed by atoms with Gasteiger partial charge in [0.15, 0.2) is 23.0 Å². The molecule has 0 radical (unpaired) electrons. The topological polar surface area (TPSA) is 72.5 Å². The third-order valence-corrected chi connectivity index (χ3v) is 2.58. The average molecular weight is 242 g/mol. The Balaban J connectivity index is 2.13. The van der Waals surface area contributed by atoms with E-state index in [0.29, 0.717) is 17.2 Å². The van der Waals surface area contributed by atoms with Crippen LogP contribution >= 0.6 is 0 Å². The van der Waals surface area contributed by atoms with Gasteiger partial charge < -0.3 is 9.84 Å². The minimum atomic E-state index is 0.0895. The lowest BCUT2D eigenvalue weighted by Gasteiger charge is -2.03. The number of hydrogen-bond donors (Lipinski definition) is 1. The molecule has 0 aliphatic rings. The molecule has 0 atom stereocenters. The molecule has 0 spiro atoms. The number of aromatic nitrogens is 4. The minimum Gasteiger partial charge on any atom is -0.504 e. The number of phenols is 1. The highest BCUT2D eigenvalue weighted by Gasteiger charge is 2.09. The first kappa shape index (κ1) is 10.5. The number of rotatable bonds is 2. The molecule has 90 valence electrons. The van der Waals surface area contributed by atoms with Crippen molar-refractivity contribution in [3.63, 3.8) is 0 Å². The van der Waals surface area contributed by atoms with Crippen molar-refractivity contribution in [3.05, 3.63) is 36.8 Å². The number of ether oxygens (including phenoxy) is 1. The number of methoxy groups -OCH3 is 1. The van der Waals surface area contributed by atoms with Crippen molar-refractivity contribution in [2.75, 3.05) is 7.11 Å². The molecule has 1 N–H and O–H groups in total. The van der Waals surface area contributed by atoms with Gasteiger partial charge in [0.25, 0.3) is 0 Å². The first-order valence-electron chi connectivity index (χ1n) is 5.32. The van der Waals surface area contributed by atoms with Crippen LogP contribution in [0.1, 0.15) is 0 Å². The lowest BCUT2D eigenvalue weighted by atomic mass is 10.2. The zero-order valence-corrected chi connectivity index (χ0v) is 9.61. The van der Waals surface area contributed by atoms with Crippen LogP contribution in [0.4, 0.5) is 0 Å². The molecule has 18 heavy (non-hydrogen) atoms. The van der Waals surface area contributed by atoms with Gasteiger partial charge >= 0.3 is 0 Å². The molecule has 0 amide bonds. The molecule has 3 aromatic rings. The van der Waals surface area contributed by atoms with Crippen LogP contribution in [0.15, 0.2) is 36.8 Å². The Morgan fingerprint density at radius 2 is 2.17 bits per heavy atom. The minimum absolute atomic E-state index is 0.0895. The normalized spacial score (nSPS) is 10.7. The average Bonchev–Trinajstić information content (AvgIpc) is 2.83.